The number of hydrogen-bond acceptors (Lipinski definition) is 1. The van der Waals surface area contributed by atoms with Gasteiger partial charge in [-0.2, -0.15) is 8.78 Å². The number of hydrogen-bond donors (Lipinski definition) is 0. The third-order valence-corrected chi connectivity index (χ3v) is 8.01. The van der Waals surface area contributed by atoms with Gasteiger partial charge in [-0.25, -0.2) is 0 Å². The predicted molar refractivity (Wildman–Crippen MR) is 136 cm³/mol. The van der Waals surface area contributed by atoms with Crippen LogP contribution in [0.4, 0.5) is 8.78 Å². The Hall–Kier alpha value is -2.00. The SMILES string of the molecule is CC=CC1CCC(c2ccc(COC(F)(F)Cc3ccc(C4CCC(C)CC4)cc3)cc2)CC1. The first-order chi connectivity index (χ1) is 16.4. The predicted octanol–water partition coefficient (Wildman–Crippen LogP) is 9.18. The summed E-state index contributed by atoms with van der Waals surface area (Å²) >= 11 is 0. The van der Waals surface area contributed by atoms with E-state index in [1.807, 2.05) is 36.4 Å². The summed E-state index contributed by atoms with van der Waals surface area (Å²) in [5.41, 5.74) is 4.03. The molecule has 2 fully saturated rings. The van der Waals surface area contributed by atoms with E-state index in [4.69, 9.17) is 4.74 Å². The van der Waals surface area contributed by atoms with Crippen molar-refractivity contribution in [2.45, 2.75) is 96.2 Å². The van der Waals surface area contributed by atoms with Gasteiger partial charge in [0.15, 0.2) is 0 Å². The molecule has 0 amide bonds. The van der Waals surface area contributed by atoms with E-state index >= 15 is 0 Å². The van der Waals surface area contributed by atoms with Crippen molar-refractivity contribution in [1.82, 2.24) is 0 Å². The Kier molecular flexibility index (Phi) is 8.58. The van der Waals surface area contributed by atoms with Crippen molar-refractivity contribution in [2.75, 3.05) is 0 Å². The second-order valence-corrected chi connectivity index (χ2v) is 10.7. The highest BCUT2D eigenvalue weighted by molar-refractivity contribution is 5.27. The van der Waals surface area contributed by atoms with Gasteiger partial charge in [0, 0.05) is 0 Å². The molecule has 2 saturated carbocycles. The zero-order valence-corrected chi connectivity index (χ0v) is 20.8. The number of rotatable bonds is 8. The standard InChI is InChI=1S/C31H40F2O/c1-3-4-24-7-15-28(16-8-24)30-19-11-26(12-20-30)22-34-31(32,33)21-25-9-17-29(18-10-25)27-13-5-23(2)6-14-27/h3-4,9-12,17-20,23-24,27-28H,5-8,13-16,21-22H2,1-2H3. The van der Waals surface area contributed by atoms with Crippen LogP contribution in [0.15, 0.2) is 60.7 Å². The van der Waals surface area contributed by atoms with E-state index in [0.29, 0.717) is 23.3 Å². The van der Waals surface area contributed by atoms with Crippen molar-refractivity contribution in [3.8, 4) is 0 Å². The largest absolute Gasteiger partial charge is 0.360 e. The highest BCUT2D eigenvalue weighted by atomic mass is 19.3. The molecule has 34 heavy (non-hydrogen) atoms. The van der Waals surface area contributed by atoms with Crippen LogP contribution in [-0.2, 0) is 17.8 Å². The van der Waals surface area contributed by atoms with Gasteiger partial charge in [0.25, 0.3) is 0 Å². The molecule has 2 aliphatic carbocycles. The van der Waals surface area contributed by atoms with Crippen LogP contribution in [0.5, 0.6) is 0 Å². The summed E-state index contributed by atoms with van der Waals surface area (Å²) in [4.78, 5) is 0. The molecule has 2 aliphatic rings. The van der Waals surface area contributed by atoms with Gasteiger partial charge in [0.2, 0.25) is 0 Å². The van der Waals surface area contributed by atoms with Gasteiger partial charge in [0.05, 0.1) is 13.0 Å². The van der Waals surface area contributed by atoms with E-state index in [2.05, 4.69) is 38.1 Å². The average Bonchev–Trinajstić information content (AvgIpc) is 2.85. The lowest BCUT2D eigenvalue weighted by Crippen LogP contribution is -2.23. The summed E-state index contributed by atoms with van der Waals surface area (Å²) in [6, 6.07) is 15.9. The highest BCUT2D eigenvalue weighted by Gasteiger charge is 2.31. The lowest BCUT2D eigenvalue weighted by molar-refractivity contribution is -0.244. The molecule has 0 bridgehead atoms. The monoisotopic (exact) mass is 466 g/mol. The molecule has 0 atom stereocenters. The summed E-state index contributed by atoms with van der Waals surface area (Å²) < 4.78 is 34.1. The molecule has 0 heterocycles. The first kappa shape index (κ1) is 25.1. The Labute approximate surface area is 204 Å². The van der Waals surface area contributed by atoms with Gasteiger partial charge in [-0.1, -0.05) is 80.4 Å². The lowest BCUT2D eigenvalue weighted by Gasteiger charge is -2.27. The van der Waals surface area contributed by atoms with Crippen LogP contribution in [0.3, 0.4) is 0 Å². The first-order valence-electron chi connectivity index (χ1n) is 13.2. The van der Waals surface area contributed by atoms with E-state index < -0.39 is 6.11 Å². The molecule has 184 valence electrons. The highest BCUT2D eigenvalue weighted by Crippen LogP contribution is 2.37. The van der Waals surface area contributed by atoms with Crippen LogP contribution < -0.4 is 0 Å². The van der Waals surface area contributed by atoms with Crippen molar-refractivity contribution >= 4 is 0 Å². The number of halogens is 2. The normalized spacial score (nSPS) is 26.1. The Morgan fingerprint density at radius 2 is 1.26 bits per heavy atom. The molecule has 1 nitrogen and oxygen atoms in total. The number of alkyl halides is 2. The van der Waals surface area contributed by atoms with E-state index in [-0.39, 0.29) is 13.0 Å². The Morgan fingerprint density at radius 3 is 1.79 bits per heavy atom. The second kappa shape index (κ2) is 11.6. The van der Waals surface area contributed by atoms with Crippen LogP contribution in [0.25, 0.3) is 0 Å². The van der Waals surface area contributed by atoms with Crippen molar-refractivity contribution in [2.24, 2.45) is 11.8 Å². The van der Waals surface area contributed by atoms with Gasteiger partial charge < -0.3 is 4.74 Å². The van der Waals surface area contributed by atoms with E-state index in [1.54, 1.807) is 0 Å². The maximum atomic E-state index is 14.5. The molecule has 0 N–H and O–H groups in total. The van der Waals surface area contributed by atoms with Crippen molar-refractivity contribution < 1.29 is 13.5 Å². The molecule has 0 spiro atoms. The van der Waals surface area contributed by atoms with Crippen LogP contribution in [-0.4, -0.2) is 6.11 Å². The fraction of sp³-hybridized carbons (Fsp3) is 0.548. The second-order valence-electron chi connectivity index (χ2n) is 10.7. The van der Waals surface area contributed by atoms with E-state index in [0.717, 1.165) is 11.5 Å². The molecular weight excluding hydrogens is 426 g/mol. The third-order valence-electron chi connectivity index (χ3n) is 8.01. The molecular formula is C31H40F2O. The molecule has 0 radical (unpaired) electrons. The quantitative estimate of drug-likeness (QED) is 0.352. The van der Waals surface area contributed by atoms with Crippen LogP contribution in [0, 0.1) is 11.8 Å². The Balaban J connectivity index is 1.25. The molecule has 0 aromatic heterocycles. The average molecular weight is 467 g/mol. The summed E-state index contributed by atoms with van der Waals surface area (Å²) in [5, 5.41) is 0. The van der Waals surface area contributed by atoms with E-state index in [9.17, 15) is 8.78 Å². The van der Waals surface area contributed by atoms with Gasteiger partial charge in [-0.15, -0.1) is 0 Å². The van der Waals surface area contributed by atoms with Gasteiger partial charge in [0.1, 0.15) is 0 Å². The molecule has 3 heteroatoms. The molecule has 4 rings (SSSR count). The molecule has 0 unspecified atom stereocenters. The molecule has 2 aromatic carbocycles. The van der Waals surface area contributed by atoms with E-state index in [1.165, 1.54) is 62.5 Å². The smallest absolute Gasteiger partial charge is 0.315 e. The third kappa shape index (κ3) is 7.01. The number of allylic oxidation sites excluding steroid dienone is 2. The first-order valence-corrected chi connectivity index (χ1v) is 13.2. The summed E-state index contributed by atoms with van der Waals surface area (Å²) in [6.45, 7) is 4.33. The van der Waals surface area contributed by atoms with Crippen LogP contribution >= 0.6 is 0 Å². The van der Waals surface area contributed by atoms with Crippen molar-refractivity contribution in [3.05, 3.63) is 82.9 Å². The number of ether oxygens (including phenoxy) is 1. The van der Waals surface area contributed by atoms with Gasteiger partial charge >= 0.3 is 6.11 Å². The fourth-order valence-electron chi connectivity index (χ4n) is 5.78. The maximum Gasteiger partial charge on any atom is 0.360 e. The minimum absolute atomic E-state index is 0.0698. The lowest BCUT2D eigenvalue weighted by atomic mass is 9.78. The number of benzene rings is 2. The van der Waals surface area contributed by atoms with Crippen LogP contribution in [0.2, 0.25) is 0 Å². The summed E-state index contributed by atoms with van der Waals surface area (Å²) in [6.07, 6.45) is 10.7. The molecule has 2 aromatic rings. The molecule has 0 aliphatic heterocycles. The van der Waals surface area contributed by atoms with Crippen molar-refractivity contribution in [3.63, 3.8) is 0 Å². The summed E-state index contributed by atoms with van der Waals surface area (Å²) in [5.74, 6) is 2.68. The Morgan fingerprint density at radius 1 is 0.765 bits per heavy atom. The topological polar surface area (TPSA) is 9.23 Å². The zero-order valence-electron chi connectivity index (χ0n) is 20.8. The zero-order chi connectivity index (χ0) is 24.0. The van der Waals surface area contributed by atoms with Crippen LogP contribution in [0.1, 0.15) is 99.3 Å². The minimum atomic E-state index is -3.17. The van der Waals surface area contributed by atoms with Gasteiger partial charge in [-0.05, 0) is 91.4 Å². The maximum absolute atomic E-state index is 14.5. The summed E-state index contributed by atoms with van der Waals surface area (Å²) in [7, 11) is 0. The Bertz CT molecular complexity index is 899. The molecule has 0 saturated heterocycles. The van der Waals surface area contributed by atoms with Gasteiger partial charge in [-0.3, -0.25) is 0 Å². The van der Waals surface area contributed by atoms with Crippen molar-refractivity contribution in [1.29, 1.82) is 0 Å². The fourth-order valence-corrected chi connectivity index (χ4v) is 5.78. The minimum Gasteiger partial charge on any atom is -0.315 e.